The van der Waals surface area contributed by atoms with Crippen LogP contribution in [0.2, 0.25) is 0 Å². The van der Waals surface area contributed by atoms with Crippen molar-refractivity contribution in [3.8, 4) is 5.75 Å². The summed E-state index contributed by atoms with van der Waals surface area (Å²) in [5, 5.41) is 9.54. The molecule has 0 aromatic heterocycles. The molecular formula is C25H34F4O2. The van der Waals surface area contributed by atoms with Crippen LogP contribution in [0.15, 0.2) is 24.3 Å². The van der Waals surface area contributed by atoms with E-state index in [2.05, 4.69) is 19.1 Å². The van der Waals surface area contributed by atoms with Crippen LogP contribution in [-0.4, -0.2) is 11.7 Å². The third-order valence-corrected chi connectivity index (χ3v) is 7.02. The minimum Gasteiger partial charge on any atom is -0.492 e. The Balaban J connectivity index is 1.59. The lowest BCUT2D eigenvalue weighted by atomic mass is 9.71. The molecule has 31 heavy (non-hydrogen) atoms. The van der Waals surface area contributed by atoms with E-state index in [1.807, 2.05) is 0 Å². The first-order valence-electron chi connectivity index (χ1n) is 11.6. The van der Waals surface area contributed by atoms with E-state index >= 15 is 0 Å². The Kier molecular flexibility index (Phi) is 8.06. The van der Waals surface area contributed by atoms with Gasteiger partial charge in [-0.15, -0.1) is 0 Å². The van der Waals surface area contributed by atoms with Crippen molar-refractivity contribution in [1.82, 2.24) is 0 Å². The van der Waals surface area contributed by atoms with E-state index in [0.717, 1.165) is 30.9 Å². The quantitative estimate of drug-likeness (QED) is 0.351. The van der Waals surface area contributed by atoms with Crippen molar-refractivity contribution < 1.29 is 27.4 Å². The number of allylic oxidation sites excluding steroid dienone is 1. The zero-order valence-electron chi connectivity index (χ0n) is 18.4. The third-order valence-electron chi connectivity index (χ3n) is 7.02. The van der Waals surface area contributed by atoms with E-state index in [1.165, 1.54) is 45.4 Å². The van der Waals surface area contributed by atoms with Crippen molar-refractivity contribution in [3.63, 3.8) is 0 Å². The number of ether oxygens (including phenoxy) is 1. The van der Waals surface area contributed by atoms with Crippen molar-refractivity contribution in [2.24, 2.45) is 23.7 Å². The van der Waals surface area contributed by atoms with E-state index in [0.29, 0.717) is 11.8 Å². The number of halogens is 4. The number of aliphatic hydroxyl groups is 1. The summed E-state index contributed by atoms with van der Waals surface area (Å²) in [6.45, 7) is 3.56. The molecule has 3 atom stereocenters. The van der Waals surface area contributed by atoms with Gasteiger partial charge in [-0.1, -0.05) is 44.8 Å². The number of benzene rings is 1. The zero-order chi connectivity index (χ0) is 22.6. The highest BCUT2D eigenvalue weighted by Gasteiger charge is 2.39. The van der Waals surface area contributed by atoms with Gasteiger partial charge in [0, 0.05) is 11.5 Å². The first kappa shape index (κ1) is 24.1. The van der Waals surface area contributed by atoms with Crippen LogP contribution < -0.4 is 4.74 Å². The Bertz CT molecular complexity index is 749. The number of aliphatic hydroxyl groups excluding tert-OH is 1. The maximum absolute atomic E-state index is 14.4. The second-order valence-corrected chi connectivity index (χ2v) is 9.28. The fourth-order valence-corrected chi connectivity index (χ4v) is 5.22. The Morgan fingerprint density at radius 2 is 1.77 bits per heavy atom. The van der Waals surface area contributed by atoms with Gasteiger partial charge in [0.2, 0.25) is 0 Å². The van der Waals surface area contributed by atoms with Crippen molar-refractivity contribution in [3.05, 3.63) is 41.2 Å². The normalized spacial score (nSPS) is 27.8. The summed E-state index contributed by atoms with van der Waals surface area (Å²) in [4.78, 5) is 0. The standard InChI is InChI=1S/C25H34F4O2/c1-3-4-17-5-9-19(10-6-17)20-11-7-18(8-12-20)15-31-22-14-13-21(16(2)30)24(26)23(22)25(27,28)29/h7,11,13-14,16-20,30H,3-6,8-10,12,15H2,1-2H3. The molecule has 2 aliphatic rings. The van der Waals surface area contributed by atoms with Crippen molar-refractivity contribution in [2.75, 3.05) is 6.61 Å². The molecule has 1 fully saturated rings. The van der Waals surface area contributed by atoms with Crippen LogP contribution in [0.4, 0.5) is 17.6 Å². The first-order valence-corrected chi connectivity index (χ1v) is 11.6. The van der Waals surface area contributed by atoms with Crippen LogP contribution in [-0.2, 0) is 6.18 Å². The molecule has 0 bridgehead atoms. The van der Waals surface area contributed by atoms with Gasteiger partial charge in [-0.2, -0.15) is 13.2 Å². The lowest BCUT2D eigenvalue weighted by Gasteiger charge is -2.35. The van der Waals surface area contributed by atoms with E-state index in [9.17, 15) is 22.7 Å². The molecule has 3 unspecified atom stereocenters. The summed E-state index contributed by atoms with van der Waals surface area (Å²) in [6, 6.07) is 2.27. The van der Waals surface area contributed by atoms with Gasteiger partial charge >= 0.3 is 6.18 Å². The van der Waals surface area contributed by atoms with Gasteiger partial charge in [0.25, 0.3) is 0 Å². The van der Waals surface area contributed by atoms with Crippen LogP contribution in [0.1, 0.15) is 82.4 Å². The average molecular weight is 443 g/mol. The zero-order valence-corrected chi connectivity index (χ0v) is 18.4. The Morgan fingerprint density at radius 3 is 2.32 bits per heavy atom. The molecule has 6 heteroatoms. The largest absolute Gasteiger partial charge is 0.492 e. The smallest absolute Gasteiger partial charge is 0.422 e. The van der Waals surface area contributed by atoms with Gasteiger partial charge < -0.3 is 9.84 Å². The fraction of sp³-hybridized carbons (Fsp3) is 0.680. The van der Waals surface area contributed by atoms with Gasteiger partial charge in [-0.05, 0) is 62.5 Å². The summed E-state index contributed by atoms with van der Waals surface area (Å²) in [5.41, 5.74) is -1.82. The molecule has 0 amide bonds. The number of hydrogen-bond donors (Lipinski definition) is 1. The molecule has 0 heterocycles. The van der Waals surface area contributed by atoms with Gasteiger partial charge in [0.1, 0.15) is 17.1 Å². The molecule has 2 aliphatic carbocycles. The molecule has 0 aliphatic heterocycles. The maximum atomic E-state index is 14.4. The molecule has 1 saturated carbocycles. The summed E-state index contributed by atoms with van der Waals surface area (Å²) in [5.74, 6) is 0.182. The fourth-order valence-electron chi connectivity index (χ4n) is 5.22. The monoisotopic (exact) mass is 442 g/mol. The van der Waals surface area contributed by atoms with Crippen LogP contribution in [0.3, 0.4) is 0 Å². The molecule has 1 N–H and O–H groups in total. The molecule has 0 spiro atoms. The highest BCUT2D eigenvalue weighted by molar-refractivity contribution is 5.41. The molecule has 1 aromatic rings. The SMILES string of the molecule is CCCC1CCC(C2C=CC(COc3ccc(C(C)O)c(F)c3C(F)(F)F)CC2)CC1. The first-order chi connectivity index (χ1) is 14.7. The molecule has 1 aromatic carbocycles. The lowest BCUT2D eigenvalue weighted by Crippen LogP contribution is -2.24. The van der Waals surface area contributed by atoms with Gasteiger partial charge in [-0.25, -0.2) is 4.39 Å². The highest BCUT2D eigenvalue weighted by Crippen LogP contribution is 2.42. The Morgan fingerprint density at radius 1 is 1.06 bits per heavy atom. The van der Waals surface area contributed by atoms with E-state index in [1.54, 1.807) is 0 Å². The van der Waals surface area contributed by atoms with Crippen LogP contribution in [0.25, 0.3) is 0 Å². The molecule has 0 radical (unpaired) electrons. The Labute approximate surface area is 182 Å². The van der Waals surface area contributed by atoms with Crippen molar-refractivity contribution >= 4 is 0 Å². The van der Waals surface area contributed by atoms with Crippen LogP contribution in [0, 0.1) is 29.5 Å². The summed E-state index contributed by atoms with van der Waals surface area (Å²) < 4.78 is 60.2. The van der Waals surface area contributed by atoms with Crippen molar-refractivity contribution in [2.45, 2.75) is 77.5 Å². The predicted octanol–water partition coefficient (Wildman–Crippen LogP) is 7.47. The van der Waals surface area contributed by atoms with E-state index in [4.69, 9.17) is 4.74 Å². The molecule has 174 valence electrons. The molecule has 0 saturated heterocycles. The van der Waals surface area contributed by atoms with Gasteiger partial charge in [0.15, 0.2) is 0 Å². The van der Waals surface area contributed by atoms with Crippen LogP contribution in [0.5, 0.6) is 5.75 Å². The van der Waals surface area contributed by atoms with Crippen molar-refractivity contribution in [1.29, 1.82) is 0 Å². The molecule has 2 nitrogen and oxygen atoms in total. The second kappa shape index (κ2) is 10.4. The second-order valence-electron chi connectivity index (χ2n) is 9.28. The number of rotatable bonds is 7. The molecular weight excluding hydrogens is 408 g/mol. The summed E-state index contributed by atoms with van der Waals surface area (Å²) in [6.07, 6.45) is 7.69. The average Bonchev–Trinajstić information content (AvgIpc) is 2.72. The van der Waals surface area contributed by atoms with E-state index in [-0.39, 0.29) is 18.1 Å². The Hall–Kier alpha value is -1.56. The maximum Gasteiger partial charge on any atom is 0.422 e. The third kappa shape index (κ3) is 6.03. The lowest BCUT2D eigenvalue weighted by molar-refractivity contribution is -0.141. The minimum absolute atomic E-state index is 0.0215. The van der Waals surface area contributed by atoms with Crippen LogP contribution >= 0.6 is 0 Å². The van der Waals surface area contributed by atoms with Gasteiger partial charge in [0.05, 0.1) is 12.7 Å². The summed E-state index contributed by atoms with van der Waals surface area (Å²) in [7, 11) is 0. The minimum atomic E-state index is -4.89. The summed E-state index contributed by atoms with van der Waals surface area (Å²) >= 11 is 0. The van der Waals surface area contributed by atoms with E-state index < -0.39 is 29.4 Å². The topological polar surface area (TPSA) is 29.5 Å². The molecule has 3 rings (SSSR count). The number of hydrogen-bond acceptors (Lipinski definition) is 2. The van der Waals surface area contributed by atoms with Gasteiger partial charge in [-0.3, -0.25) is 0 Å². The highest BCUT2D eigenvalue weighted by atomic mass is 19.4. The number of alkyl halides is 3. The predicted molar refractivity (Wildman–Crippen MR) is 113 cm³/mol.